The predicted molar refractivity (Wildman–Crippen MR) is 103 cm³/mol. The molecule has 0 bridgehead atoms. The van der Waals surface area contributed by atoms with Gasteiger partial charge in [0.1, 0.15) is 35.3 Å². The minimum atomic E-state index is -0.497. The van der Waals surface area contributed by atoms with E-state index in [9.17, 15) is 14.0 Å². The van der Waals surface area contributed by atoms with Crippen molar-refractivity contribution in [3.8, 4) is 5.75 Å². The van der Waals surface area contributed by atoms with E-state index < -0.39 is 5.97 Å². The number of furan rings is 1. The Morgan fingerprint density at radius 2 is 1.79 bits per heavy atom. The fraction of sp³-hybridized carbons (Fsp3) is 0.182. The first-order valence-corrected chi connectivity index (χ1v) is 8.90. The molecule has 0 aliphatic rings. The third-order valence-electron chi connectivity index (χ3n) is 4.24. The zero-order valence-electron chi connectivity index (χ0n) is 16.0. The highest BCUT2D eigenvalue weighted by molar-refractivity contribution is 5.97. The molecule has 1 N–H and O–H groups in total. The Labute approximate surface area is 167 Å². The van der Waals surface area contributed by atoms with Crippen molar-refractivity contribution in [2.24, 2.45) is 0 Å². The molecule has 2 aromatic carbocycles. The summed E-state index contributed by atoms with van der Waals surface area (Å²) in [7, 11) is 1.29. The standard InChI is InChI=1S/C22H20FNO5/c1-14-19(22(26)27-2)11-17(29-14)12-24-21(25)18-5-3-4-6-20(18)28-13-15-7-9-16(23)10-8-15/h3-11H,12-13H2,1-2H3,(H,24,25). The Morgan fingerprint density at radius 1 is 1.07 bits per heavy atom. The number of aryl methyl sites for hydroxylation is 1. The normalized spacial score (nSPS) is 10.4. The van der Waals surface area contributed by atoms with Gasteiger partial charge in [0.25, 0.3) is 5.91 Å². The van der Waals surface area contributed by atoms with Crippen LogP contribution in [-0.4, -0.2) is 19.0 Å². The van der Waals surface area contributed by atoms with Gasteiger partial charge in [0.15, 0.2) is 0 Å². The summed E-state index contributed by atoms with van der Waals surface area (Å²) in [5.41, 5.74) is 1.45. The Kier molecular flexibility index (Phi) is 6.29. The van der Waals surface area contributed by atoms with Gasteiger partial charge in [0.05, 0.1) is 19.2 Å². The molecule has 0 unspecified atom stereocenters. The van der Waals surface area contributed by atoms with Crippen LogP contribution < -0.4 is 10.1 Å². The molecule has 0 aliphatic carbocycles. The molecule has 6 nitrogen and oxygen atoms in total. The molecule has 0 atom stereocenters. The highest BCUT2D eigenvalue weighted by Gasteiger charge is 2.17. The van der Waals surface area contributed by atoms with E-state index in [1.807, 2.05) is 0 Å². The molecule has 0 spiro atoms. The minimum absolute atomic E-state index is 0.100. The maximum atomic E-state index is 13.0. The van der Waals surface area contributed by atoms with Crippen LogP contribution in [0.2, 0.25) is 0 Å². The summed E-state index contributed by atoms with van der Waals surface area (Å²) in [6.07, 6.45) is 0. The first-order chi connectivity index (χ1) is 14.0. The van der Waals surface area contributed by atoms with Crippen LogP contribution in [0.1, 0.15) is 37.8 Å². The Morgan fingerprint density at radius 3 is 2.52 bits per heavy atom. The van der Waals surface area contributed by atoms with Gasteiger partial charge in [-0.1, -0.05) is 24.3 Å². The van der Waals surface area contributed by atoms with Crippen molar-refractivity contribution >= 4 is 11.9 Å². The van der Waals surface area contributed by atoms with Gasteiger partial charge in [0.2, 0.25) is 0 Å². The molecule has 0 saturated heterocycles. The Hall–Kier alpha value is -3.61. The van der Waals surface area contributed by atoms with E-state index >= 15 is 0 Å². The number of amides is 1. The number of benzene rings is 2. The van der Waals surface area contributed by atoms with Crippen molar-refractivity contribution in [3.05, 3.63) is 88.6 Å². The average molecular weight is 397 g/mol. The second-order valence-electron chi connectivity index (χ2n) is 6.27. The van der Waals surface area contributed by atoms with Crippen LogP contribution in [0, 0.1) is 12.7 Å². The maximum Gasteiger partial charge on any atom is 0.341 e. The molecule has 0 saturated carbocycles. The number of rotatable bonds is 7. The molecule has 7 heteroatoms. The van der Waals surface area contributed by atoms with Gasteiger partial charge >= 0.3 is 5.97 Å². The van der Waals surface area contributed by atoms with Crippen LogP contribution in [0.4, 0.5) is 4.39 Å². The van der Waals surface area contributed by atoms with Crippen molar-refractivity contribution in [1.29, 1.82) is 0 Å². The van der Waals surface area contributed by atoms with E-state index in [2.05, 4.69) is 10.1 Å². The molecular formula is C22H20FNO5. The number of halogens is 1. The largest absolute Gasteiger partial charge is 0.488 e. The number of esters is 1. The van der Waals surface area contributed by atoms with Gasteiger partial charge in [-0.2, -0.15) is 0 Å². The molecule has 150 valence electrons. The van der Waals surface area contributed by atoms with Crippen molar-refractivity contribution in [1.82, 2.24) is 5.32 Å². The van der Waals surface area contributed by atoms with Crippen molar-refractivity contribution < 1.29 is 27.9 Å². The van der Waals surface area contributed by atoms with Gasteiger partial charge in [-0.05, 0) is 42.8 Å². The highest BCUT2D eigenvalue weighted by atomic mass is 19.1. The Bertz CT molecular complexity index is 1010. The summed E-state index contributed by atoms with van der Waals surface area (Å²) in [5, 5.41) is 2.74. The highest BCUT2D eigenvalue weighted by Crippen LogP contribution is 2.20. The number of hydrogen-bond donors (Lipinski definition) is 1. The fourth-order valence-corrected chi connectivity index (χ4v) is 2.73. The quantitative estimate of drug-likeness (QED) is 0.609. The van der Waals surface area contributed by atoms with Gasteiger partial charge in [-0.25, -0.2) is 9.18 Å². The number of methoxy groups -OCH3 is 1. The van der Waals surface area contributed by atoms with E-state index in [1.54, 1.807) is 49.4 Å². The molecule has 1 heterocycles. The number of ether oxygens (including phenoxy) is 2. The summed E-state index contributed by atoms with van der Waals surface area (Å²) < 4.78 is 28.9. The van der Waals surface area contributed by atoms with E-state index in [4.69, 9.17) is 9.15 Å². The lowest BCUT2D eigenvalue weighted by molar-refractivity contribution is 0.0598. The molecule has 3 rings (SSSR count). The number of carbonyl (C=O) groups excluding carboxylic acids is 2. The zero-order valence-corrected chi connectivity index (χ0v) is 16.0. The Balaban J connectivity index is 1.65. The SMILES string of the molecule is COC(=O)c1cc(CNC(=O)c2ccccc2OCc2ccc(F)cc2)oc1C. The van der Waals surface area contributed by atoms with Crippen molar-refractivity contribution in [3.63, 3.8) is 0 Å². The van der Waals surface area contributed by atoms with Crippen molar-refractivity contribution in [2.75, 3.05) is 7.11 Å². The summed E-state index contributed by atoms with van der Waals surface area (Å²) in [5.74, 6) is 0.0825. The van der Waals surface area contributed by atoms with E-state index in [1.165, 1.54) is 19.2 Å². The minimum Gasteiger partial charge on any atom is -0.488 e. The molecule has 0 fully saturated rings. The van der Waals surface area contributed by atoms with E-state index in [-0.39, 0.29) is 24.9 Å². The van der Waals surface area contributed by atoms with Crippen molar-refractivity contribution in [2.45, 2.75) is 20.1 Å². The third-order valence-corrected chi connectivity index (χ3v) is 4.24. The van der Waals surface area contributed by atoms with Crippen LogP contribution in [-0.2, 0) is 17.9 Å². The second kappa shape index (κ2) is 9.05. The van der Waals surface area contributed by atoms with E-state index in [0.29, 0.717) is 28.4 Å². The fourth-order valence-electron chi connectivity index (χ4n) is 2.73. The average Bonchev–Trinajstić information content (AvgIpc) is 3.12. The molecule has 1 amide bonds. The van der Waals surface area contributed by atoms with Crippen LogP contribution in [0.25, 0.3) is 0 Å². The zero-order chi connectivity index (χ0) is 20.8. The van der Waals surface area contributed by atoms with Gasteiger partial charge in [0, 0.05) is 0 Å². The summed E-state index contributed by atoms with van der Waals surface area (Å²) >= 11 is 0. The van der Waals surface area contributed by atoms with Crippen LogP contribution in [0.15, 0.2) is 59.0 Å². The topological polar surface area (TPSA) is 77.8 Å². The van der Waals surface area contributed by atoms with E-state index in [0.717, 1.165) is 5.56 Å². The first-order valence-electron chi connectivity index (χ1n) is 8.90. The molecular weight excluding hydrogens is 377 g/mol. The molecule has 0 radical (unpaired) electrons. The van der Waals surface area contributed by atoms with Crippen LogP contribution in [0.3, 0.4) is 0 Å². The molecule has 1 aromatic heterocycles. The number of carbonyl (C=O) groups is 2. The number of para-hydroxylation sites is 1. The lowest BCUT2D eigenvalue weighted by atomic mass is 10.2. The second-order valence-corrected chi connectivity index (χ2v) is 6.27. The molecule has 29 heavy (non-hydrogen) atoms. The smallest absolute Gasteiger partial charge is 0.341 e. The maximum absolute atomic E-state index is 13.0. The summed E-state index contributed by atoms with van der Waals surface area (Å²) in [4.78, 5) is 24.3. The summed E-state index contributed by atoms with van der Waals surface area (Å²) in [6.45, 7) is 1.95. The van der Waals surface area contributed by atoms with Gasteiger partial charge < -0.3 is 19.2 Å². The number of nitrogens with one attached hydrogen (secondary N) is 1. The molecule has 0 aliphatic heterocycles. The van der Waals surface area contributed by atoms with Crippen LogP contribution >= 0.6 is 0 Å². The summed E-state index contributed by atoms with van der Waals surface area (Å²) in [6, 6.07) is 14.3. The van der Waals surface area contributed by atoms with Crippen LogP contribution in [0.5, 0.6) is 5.75 Å². The molecule has 3 aromatic rings. The van der Waals surface area contributed by atoms with Gasteiger partial charge in [-0.3, -0.25) is 4.79 Å². The monoisotopic (exact) mass is 397 g/mol. The number of hydrogen-bond acceptors (Lipinski definition) is 5. The lowest BCUT2D eigenvalue weighted by Gasteiger charge is -2.11. The lowest BCUT2D eigenvalue weighted by Crippen LogP contribution is -2.23. The third kappa shape index (κ3) is 5.01. The predicted octanol–water partition coefficient (Wildman–Crippen LogP) is 4.02. The first kappa shape index (κ1) is 20.1. The van der Waals surface area contributed by atoms with Gasteiger partial charge in [-0.15, -0.1) is 0 Å².